The van der Waals surface area contributed by atoms with Gasteiger partial charge in [-0.05, 0) is 6.42 Å². The molecule has 3 N–H and O–H groups in total. The van der Waals surface area contributed by atoms with Crippen LogP contribution in [0.3, 0.4) is 0 Å². The van der Waals surface area contributed by atoms with Crippen LogP contribution >= 0.6 is 0 Å². The fraction of sp³-hybridized carbons (Fsp3) is 0.963. The number of hydrogen-bond donors (Lipinski definition) is 3. The Balaban J connectivity index is 0.0000152. The standard InChI is InChI=1S/C27H51FO10S.Na/c1-2-3-4-5-6-7-8-9-10-11-12-13-14-15-16-17-23(29)36-18-21(28)19-37-27-26(32)25(31)24(30)22(38-27)20-39(33,34)35;/h21-22,24-27,30-32H,2-20H2,1H3,(H,33,34,35);/q;+1/p-1/t21?,22-,24-,25+,26-,27+;/m1./s1/i28-1;. The fourth-order valence-electron chi connectivity index (χ4n) is 4.54. The van der Waals surface area contributed by atoms with Gasteiger partial charge in [0.15, 0.2) is 12.5 Å². The Bertz CT molecular complexity index is 745. The molecule has 1 heterocycles. The maximum Gasteiger partial charge on any atom is 1.00 e. The van der Waals surface area contributed by atoms with Crippen LogP contribution < -0.4 is 29.6 Å². The van der Waals surface area contributed by atoms with Gasteiger partial charge in [0.05, 0.1) is 22.5 Å². The average Bonchev–Trinajstić information content (AvgIpc) is 2.88. The molecule has 1 saturated heterocycles. The first kappa shape index (κ1) is 40.1. The molecular formula is C27H50FNaO10S. The zero-order valence-corrected chi connectivity index (χ0v) is 27.2. The third kappa shape index (κ3) is 19.3. The SMILES string of the molecule is CCCCCCCCCCCCCCCCCC(=O)OCC([18F])CO[C@H]1O[C@H](CS(=O)(=O)[O-])[C@@H](O)[C@H](O)[C@H]1O.[Na+]. The van der Waals surface area contributed by atoms with E-state index in [2.05, 4.69) is 6.92 Å². The predicted octanol–water partition coefficient (Wildman–Crippen LogP) is 0.503. The summed E-state index contributed by atoms with van der Waals surface area (Å²) in [6.07, 6.45) is 7.80. The van der Waals surface area contributed by atoms with E-state index < -0.39 is 71.9 Å². The predicted molar refractivity (Wildman–Crippen MR) is 143 cm³/mol. The van der Waals surface area contributed by atoms with Crippen molar-refractivity contribution in [2.45, 2.75) is 147 Å². The van der Waals surface area contributed by atoms with E-state index in [9.17, 15) is 37.5 Å². The largest absolute Gasteiger partial charge is 1.00 e. The van der Waals surface area contributed by atoms with E-state index in [1.165, 1.54) is 70.6 Å². The zero-order chi connectivity index (χ0) is 29.1. The molecule has 0 bridgehead atoms. The van der Waals surface area contributed by atoms with Crippen molar-refractivity contribution in [3.8, 4) is 0 Å². The smallest absolute Gasteiger partial charge is 0.748 e. The molecule has 40 heavy (non-hydrogen) atoms. The summed E-state index contributed by atoms with van der Waals surface area (Å²) in [4.78, 5) is 11.9. The summed E-state index contributed by atoms with van der Waals surface area (Å²) in [6.45, 7) is 0.970. The molecule has 6 atom stereocenters. The van der Waals surface area contributed by atoms with E-state index in [4.69, 9.17) is 14.2 Å². The number of rotatable bonds is 23. The second-order valence-electron chi connectivity index (χ2n) is 10.6. The monoisotopic (exact) mass is 607 g/mol. The second-order valence-corrected chi connectivity index (χ2v) is 12.0. The van der Waals surface area contributed by atoms with Crippen LogP contribution in [0.25, 0.3) is 0 Å². The summed E-state index contributed by atoms with van der Waals surface area (Å²) in [5, 5.41) is 29.5. The van der Waals surface area contributed by atoms with Gasteiger partial charge in [-0.15, -0.1) is 0 Å². The van der Waals surface area contributed by atoms with E-state index in [0.29, 0.717) is 6.42 Å². The molecule has 0 aliphatic carbocycles. The first-order valence-corrected chi connectivity index (χ1v) is 16.2. The van der Waals surface area contributed by atoms with Crippen molar-refractivity contribution in [3.05, 3.63) is 0 Å². The summed E-state index contributed by atoms with van der Waals surface area (Å²) in [6, 6.07) is 0. The van der Waals surface area contributed by atoms with Crippen molar-refractivity contribution in [1.82, 2.24) is 0 Å². The number of hydrogen-bond acceptors (Lipinski definition) is 10. The van der Waals surface area contributed by atoms with E-state index in [-0.39, 0.29) is 36.0 Å². The second kappa shape index (κ2) is 23.6. The molecule has 1 unspecified atom stereocenters. The Labute approximate surface area is 261 Å². The molecule has 0 radical (unpaired) electrons. The number of aliphatic hydroxyl groups excluding tert-OH is 3. The third-order valence-corrected chi connectivity index (χ3v) is 7.62. The maximum atomic E-state index is 14.1. The fourth-order valence-corrected chi connectivity index (χ4v) is 5.21. The first-order valence-electron chi connectivity index (χ1n) is 14.6. The van der Waals surface area contributed by atoms with Gasteiger partial charge in [-0.2, -0.15) is 0 Å². The van der Waals surface area contributed by atoms with E-state index in [1.54, 1.807) is 0 Å². The Hall–Kier alpha value is 0.110. The summed E-state index contributed by atoms with van der Waals surface area (Å²) < 4.78 is 61.9. The molecule has 0 aromatic carbocycles. The number of carbonyl (C=O) groups is 1. The van der Waals surface area contributed by atoms with E-state index >= 15 is 0 Å². The van der Waals surface area contributed by atoms with Crippen molar-refractivity contribution in [2.75, 3.05) is 19.0 Å². The van der Waals surface area contributed by atoms with Crippen molar-refractivity contribution in [2.24, 2.45) is 0 Å². The first-order chi connectivity index (χ1) is 18.5. The molecule has 0 aromatic rings. The number of halogens is 1. The van der Waals surface area contributed by atoms with Crippen LogP contribution in [0, 0.1) is 0 Å². The van der Waals surface area contributed by atoms with Gasteiger partial charge >= 0.3 is 35.5 Å². The summed E-state index contributed by atoms with van der Waals surface area (Å²) in [5.41, 5.74) is 0. The van der Waals surface area contributed by atoms with Crippen LogP contribution in [0.4, 0.5) is 4.39 Å². The van der Waals surface area contributed by atoms with Crippen LogP contribution in [0.5, 0.6) is 0 Å². The Morgan fingerprint density at radius 1 is 0.825 bits per heavy atom. The number of ether oxygens (including phenoxy) is 3. The maximum absolute atomic E-state index is 14.1. The minimum Gasteiger partial charge on any atom is -0.748 e. The van der Waals surface area contributed by atoms with Crippen LogP contribution in [0.1, 0.15) is 110 Å². The molecule has 1 rings (SSSR count). The number of unbranched alkanes of at least 4 members (excludes halogenated alkanes) is 14. The molecular weight excluding hydrogens is 557 g/mol. The van der Waals surface area contributed by atoms with Crippen molar-refractivity contribution < 1.29 is 81.2 Å². The summed E-state index contributed by atoms with van der Waals surface area (Å²) in [7, 11) is -4.81. The van der Waals surface area contributed by atoms with Crippen LogP contribution in [0.15, 0.2) is 0 Å². The minimum atomic E-state index is -4.81. The molecule has 0 saturated carbocycles. The number of alkyl halides is 1. The molecule has 1 aliphatic rings. The van der Waals surface area contributed by atoms with E-state index in [1.807, 2.05) is 0 Å². The molecule has 10 nitrogen and oxygen atoms in total. The van der Waals surface area contributed by atoms with Gasteiger partial charge in [-0.1, -0.05) is 96.8 Å². The normalized spacial score (nSPS) is 23.9. The molecule has 1 fully saturated rings. The molecule has 13 heteroatoms. The molecule has 0 aromatic heterocycles. The third-order valence-electron chi connectivity index (χ3n) is 6.89. The van der Waals surface area contributed by atoms with Gasteiger partial charge in [0, 0.05) is 6.42 Å². The van der Waals surface area contributed by atoms with Gasteiger partial charge in [0.1, 0.15) is 31.0 Å². The van der Waals surface area contributed by atoms with Gasteiger partial charge in [0.25, 0.3) is 0 Å². The van der Waals surface area contributed by atoms with Gasteiger partial charge in [-0.25, -0.2) is 12.8 Å². The number of esters is 1. The van der Waals surface area contributed by atoms with Gasteiger partial charge < -0.3 is 34.1 Å². The Morgan fingerprint density at radius 3 is 1.77 bits per heavy atom. The van der Waals surface area contributed by atoms with Crippen molar-refractivity contribution >= 4 is 16.1 Å². The quantitative estimate of drug-likeness (QED) is 0.0645. The van der Waals surface area contributed by atoms with Crippen molar-refractivity contribution in [1.29, 1.82) is 0 Å². The van der Waals surface area contributed by atoms with Gasteiger partial charge in [0.2, 0.25) is 0 Å². The Morgan fingerprint density at radius 2 is 1.30 bits per heavy atom. The number of aliphatic hydroxyl groups is 3. The zero-order valence-electron chi connectivity index (χ0n) is 24.4. The summed E-state index contributed by atoms with van der Waals surface area (Å²) >= 11 is 0. The van der Waals surface area contributed by atoms with Crippen LogP contribution in [0.2, 0.25) is 0 Å². The van der Waals surface area contributed by atoms with Gasteiger partial charge in [-0.3, -0.25) is 4.79 Å². The summed E-state index contributed by atoms with van der Waals surface area (Å²) in [5.74, 6) is -1.69. The van der Waals surface area contributed by atoms with Crippen LogP contribution in [-0.4, -0.2) is 90.1 Å². The molecule has 232 valence electrons. The minimum absolute atomic E-state index is 0. The van der Waals surface area contributed by atoms with Crippen LogP contribution in [-0.2, 0) is 29.1 Å². The Kier molecular flexibility index (Phi) is 23.6. The van der Waals surface area contributed by atoms with Crippen molar-refractivity contribution in [3.63, 3.8) is 0 Å². The number of carbonyl (C=O) groups excluding carboxylic acids is 1. The average molecular weight is 608 g/mol. The molecule has 0 amide bonds. The molecule has 0 spiro atoms. The molecule has 1 aliphatic heterocycles. The topological polar surface area (TPSA) is 163 Å². The van der Waals surface area contributed by atoms with E-state index in [0.717, 1.165) is 19.3 Å².